The molecule has 0 unspecified atom stereocenters. The minimum atomic E-state index is -0.111. The van der Waals surface area contributed by atoms with E-state index in [0.717, 1.165) is 21.8 Å². The van der Waals surface area contributed by atoms with Gasteiger partial charge in [0.15, 0.2) is 5.78 Å². The predicted molar refractivity (Wildman–Crippen MR) is 107 cm³/mol. The van der Waals surface area contributed by atoms with Crippen LogP contribution in [0.3, 0.4) is 0 Å². The molecule has 0 aliphatic carbocycles. The Morgan fingerprint density at radius 1 is 1.04 bits per heavy atom. The van der Waals surface area contributed by atoms with Crippen molar-refractivity contribution in [3.05, 3.63) is 71.0 Å². The Hall–Kier alpha value is -2.86. The molecule has 0 radical (unpaired) electrons. The Bertz CT molecular complexity index is 905. The number of hydrogen-bond donors (Lipinski definition) is 1. The van der Waals surface area contributed by atoms with E-state index < -0.39 is 0 Å². The largest absolute Gasteiger partial charge is 0.356 e. The zero-order valence-corrected chi connectivity index (χ0v) is 16.0. The van der Waals surface area contributed by atoms with E-state index >= 15 is 0 Å². The summed E-state index contributed by atoms with van der Waals surface area (Å²) < 4.78 is 0. The molecule has 3 aromatic rings. The molecule has 5 nitrogen and oxygen atoms in total. The molecule has 0 spiro atoms. The second-order valence-electron chi connectivity index (χ2n) is 6.27. The van der Waals surface area contributed by atoms with Crippen molar-refractivity contribution in [2.45, 2.75) is 26.2 Å². The molecule has 0 saturated carbocycles. The molecule has 0 aliphatic heterocycles. The lowest BCUT2D eigenvalue weighted by atomic mass is 10.1. The van der Waals surface area contributed by atoms with Crippen LogP contribution < -0.4 is 5.32 Å². The second-order valence-corrected chi connectivity index (χ2v) is 7.13. The Morgan fingerprint density at radius 2 is 1.78 bits per heavy atom. The highest BCUT2D eigenvalue weighted by Crippen LogP contribution is 2.22. The van der Waals surface area contributed by atoms with Gasteiger partial charge in [0.05, 0.1) is 5.69 Å². The first-order chi connectivity index (χ1) is 13.1. The first-order valence-electron chi connectivity index (χ1n) is 8.83. The van der Waals surface area contributed by atoms with E-state index in [-0.39, 0.29) is 24.5 Å². The van der Waals surface area contributed by atoms with Crippen LogP contribution in [0.2, 0.25) is 0 Å². The number of benzene rings is 1. The number of nitrogens with zero attached hydrogens (tertiary/aromatic N) is 2. The number of ketones is 1. The van der Waals surface area contributed by atoms with Crippen LogP contribution in [-0.4, -0.2) is 28.2 Å². The molecule has 1 N–H and O–H groups in total. The third-order valence-electron chi connectivity index (χ3n) is 4.13. The molecule has 0 atom stereocenters. The van der Waals surface area contributed by atoms with Crippen molar-refractivity contribution in [2.75, 3.05) is 6.54 Å². The van der Waals surface area contributed by atoms with Crippen molar-refractivity contribution in [1.29, 1.82) is 0 Å². The Kier molecular flexibility index (Phi) is 6.44. The Morgan fingerprint density at radius 3 is 2.52 bits per heavy atom. The molecule has 0 bridgehead atoms. The van der Waals surface area contributed by atoms with Crippen LogP contribution >= 0.6 is 11.3 Å². The lowest BCUT2D eigenvalue weighted by molar-refractivity contribution is -0.121. The summed E-state index contributed by atoms with van der Waals surface area (Å²) in [5.74, 6) is -0.119. The minimum Gasteiger partial charge on any atom is -0.356 e. The number of pyridine rings is 1. The fourth-order valence-corrected chi connectivity index (χ4v) is 3.44. The van der Waals surface area contributed by atoms with Gasteiger partial charge in [-0.25, -0.2) is 4.98 Å². The fourth-order valence-electron chi connectivity index (χ4n) is 2.58. The molecule has 0 aliphatic rings. The molecule has 0 fully saturated rings. The molecule has 1 amide bonds. The van der Waals surface area contributed by atoms with Crippen LogP contribution in [0.15, 0.2) is 54.2 Å². The van der Waals surface area contributed by atoms with Gasteiger partial charge >= 0.3 is 0 Å². The van der Waals surface area contributed by atoms with Crippen molar-refractivity contribution >= 4 is 23.0 Å². The van der Waals surface area contributed by atoms with E-state index in [1.54, 1.807) is 35.9 Å². The second kappa shape index (κ2) is 9.19. The minimum absolute atomic E-state index is 0.00774. The van der Waals surface area contributed by atoms with Gasteiger partial charge in [-0.1, -0.05) is 29.8 Å². The van der Waals surface area contributed by atoms with Crippen LogP contribution in [0.25, 0.3) is 10.6 Å². The normalized spacial score (nSPS) is 10.6. The highest BCUT2D eigenvalue weighted by atomic mass is 32.1. The molecule has 2 heterocycles. The van der Waals surface area contributed by atoms with Crippen LogP contribution in [-0.2, 0) is 11.2 Å². The quantitative estimate of drug-likeness (QED) is 0.604. The van der Waals surface area contributed by atoms with Gasteiger partial charge in [0.2, 0.25) is 5.91 Å². The maximum Gasteiger partial charge on any atom is 0.220 e. The molecular formula is C21H21N3O2S. The molecule has 2 aromatic heterocycles. The highest BCUT2D eigenvalue weighted by molar-refractivity contribution is 7.13. The number of carbonyl (C=O) groups is 2. The molecule has 3 rings (SSSR count). The lowest BCUT2D eigenvalue weighted by Gasteiger charge is -2.04. The van der Waals surface area contributed by atoms with Gasteiger partial charge < -0.3 is 5.32 Å². The van der Waals surface area contributed by atoms with Crippen molar-refractivity contribution < 1.29 is 9.59 Å². The summed E-state index contributed by atoms with van der Waals surface area (Å²) in [6.07, 6.45) is 4.58. The SMILES string of the molecule is Cc1ccc(C(=O)CCC(=O)NCCc2csc(-c3ccncc3)n2)cc1. The maximum atomic E-state index is 12.1. The summed E-state index contributed by atoms with van der Waals surface area (Å²) >= 11 is 1.58. The number of aryl methyl sites for hydroxylation is 1. The third kappa shape index (κ3) is 5.56. The summed E-state index contributed by atoms with van der Waals surface area (Å²) in [5, 5.41) is 5.81. The van der Waals surface area contributed by atoms with Crippen molar-refractivity contribution in [3.8, 4) is 10.6 Å². The first kappa shape index (κ1) is 18.9. The van der Waals surface area contributed by atoms with E-state index in [2.05, 4.69) is 15.3 Å². The van der Waals surface area contributed by atoms with Crippen molar-refractivity contribution in [3.63, 3.8) is 0 Å². The maximum absolute atomic E-state index is 12.1. The number of Topliss-reactive ketones (excluding diaryl/α,β-unsaturated/α-hetero) is 1. The van der Waals surface area contributed by atoms with Gasteiger partial charge in [-0.05, 0) is 19.1 Å². The summed E-state index contributed by atoms with van der Waals surface area (Å²) in [4.78, 5) is 32.7. The summed E-state index contributed by atoms with van der Waals surface area (Å²) in [6, 6.07) is 11.3. The number of amides is 1. The summed E-state index contributed by atoms with van der Waals surface area (Å²) in [5.41, 5.74) is 3.75. The van der Waals surface area contributed by atoms with Crippen LogP contribution in [0.1, 0.15) is 34.5 Å². The van der Waals surface area contributed by atoms with Gasteiger partial charge in [0.25, 0.3) is 0 Å². The molecule has 0 saturated heterocycles. The standard InChI is InChI=1S/C21H21N3O2S/c1-15-2-4-16(5-3-15)19(25)6-7-20(26)23-13-10-18-14-27-21(24-18)17-8-11-22-12-9-17/h2-5,8-9,11-12,14H,6-7,10,13H2,1H3,(H,23,26). The topological polar surface area (TPSA) is 72.0 Å². The monoisotopic (exact) mass is 379 g/mol. The number of nitrogens with one attached hydrogen (secondary N) is 1. The van der Waals surface area contributed by atoms with E-state index in [9.17, 15) is 9.59 Å². The van der Waals surface area contributed by atoms with Gasteiger partial charge in [-0.3, -0.25) is 14.6 Å². The van der Waals surface area contributed by atoms with E-state index in [4.69, 9.17) is 0 Å². The average Bonchev–Trinajstić information content (AvgIpc) is 3.16. The zero-order chi connectivity index (χ0) is 19.1. The average molecular weight is 379 g/mol. The predicted octanol–water partition coefficient (Wildman–Crippen LogP) is 3.84. The molecular weight excluding hydrogens is 358 g/mol. The molecule has 6 heteroatoms. The smallest absolute Gasteiger partial charge is 0.220 e. The van der Waals surface area contributed by atoms with Crippen LogP contribution in [0.5, 0.6) is 0 Å². The van der Waals surface area contributed by atoms with Gasteiger partial charge in [0.1, 0.15) is 5.01 Å². The van der Waals surface area contributed by atoms with Crippen molar-refractivity contribution in [2.24, 2.45) is 0 Å². The first-order valence-corrected chi connectivity index (χ1v) is 9.71. The van der Waals surface area contributed by atoms with Gasteiger partial charge in [-0.15, -0.1) is 11.3 Å². The molecule has 1 aromatic carbocycles. The van der Waals surface area contributed by atoms with Gasteiger partial charge in [-0.2, -0.15) is 0 Å². The lowest BCUT2D eigenvalue weighted by Crippen LogP contribution is -2.26. The van der Waals surface area contributed by atoms with E-state index in [1.165, 1.54) is 0 Å². The number of carbonyl (C=O) groups excluding carboxylic acids is 2. The number of aromatic nitrogens is 2. The van der Waals surface area contributed by atoms with Crippen LogP contribution in [0, 0.1) is 6.92 Å². The number of hydrogen-bond acceptors (Lipinski definition) is 5. The number of thiazole rings is 1. The Labute approximate surface area is 162 Å². The van der Waals surface area contributed by atoms with E-state index in [0.29, 0.717) is 18.5 Å². The molecule has 138 valence electrons. The van der Waals surface area contributed by atoms with Gasteiger partial charge in [0, 0.05) is 54.7 Å². The van der Waals surface area contributed by atoms with Crippen LogP contribution in [0.4, 0.5) is 0 Å². The number of rotatable bonds is 8. The zero-order valence-electron chi connectivity index (χ0n) is 15.1. The van der Waals surface area contributed by atoms with E-state index in [1.807, 2.05) is 36.6 Å². The highest BCUT2D eigenvalue weighted by Gasteiger charge is 2.10. The summed E-state index contributed by atoms with van der Waals surface area (Å²) in [7, 11) is 0. The fraction of sp³-hybridized carbons (Fsp3) is 0.238. The van der Waals surface area contributed by atoms with Crippen molar-refractivity contribution in [1.82, 2.24) is 15.3 Å². The molecule has 27 heavy (non-hydrogen) atoms. The summed E-state index contributed by atoms with van der Waals surface area (Å²) in [6.45, 7) is 2.49. The Balaban J connectivity index is 1.40. The third-order valence-corrected chi connectivity index (χ3v) is 5.08.